The Balaban J connectivity index is 2.88. The number of hydrogen-bond acceptors (Lipinski definition) is 3. The van der Waals surface area contributed by atoms with Crippen LogP contribution in [0.1, 0.15) is 23.9 Å². The van der Waals surface area contributed by atoms with Crippen LogP contribution in [0.4, 0.5) is 0 Å². The van der Waals surface area contributed by atoms with E-state index in [0.717, 1.165) is 17.8 Å². The van der Waals surface area contributed by atoms with Gasteiger partial charge in [0.05, 0.1) is 18.3 Å². The largest absolute Gasteiger partial charge is 0.390 e. The van der Waals surface area contributed by atoms with E-state index in [2.05, 4.69) is 12.0 Å². The number of nitrogens with two attached hydrogens (primary N) is 1. The third-order valence-electron chi connectivity index (χ3n) is 2.54. The van der Waals surface area contributed by atoms with E-state index >= 15 is 0 Å². The Morgan fingerprint density at radius 1 is 1.50 bits per heavy atom. The van der Waals surface area contributed by atoms with Crippen molar-refractivity contribution in [2.24, 2.45) is 5.73 Å². The van der Waals surface area contributed by atoms with Crippen molar-refractivity contribution in [3.05, 3.63) is 17.0 Å². The molecule has 0 aliphatic rings. The SMILES string of the molecule is CCc1c(C)nn(CC(O)CN)c1C. The molecule has 1 unspecified atom stereocenters. The zero-order valence-electron chi connectivity index (χ0n) is 9.12. The summed E-state index contributed by atoms with van der Waals surface area (Å²) >= 11 is 0. The highest BCUT2D eigenvalue weighted by atomic mass is 16.3. The number of rotatable bonds is 4. The molecule has 1 atom stereocenters. The Morgan fingerprint density at radius 3 is 2.57 bits per heavy atom. The van der Waals surface area contributed by atoms with Crippen LogP contribution in [0, 0.1) is 13.8 Å². The van der Waals surface area contributed by atoms with E-state index in [9.17, 15) is 5.11 Å². The van der Waals surface area contributed by atoms with E-state index in [1.54, 1.807) is 0 Å². The lowest BCUT2D eigenvalue weighted by molar-refractivity contribution is 0.156. The Kier molecular flexibility index (Phi) is 3.66. The van der Waals surface area contributed by atoms with Crippen LogP contribution in [0.2, 0.25) is 0 Å². The molecular formula is C10H19N3O. The van der Waals surface area contributed by atoms with Crippen LogP contribution in [0.5, 0.6) is 0 Å². The number of aromatic nitrogens is 2. The molecule has 0 spiro atoms. The summed E-state index contributed by atoms with van der Waals surface area (Å²) < 4.78 is 1.84. The fourth-order valence-electron chi connectivity index (χ4n) is 1.70. The van der Waals surface area contributed by atoms with Crippen LogP contribution in [0.15, 0.2) is 0 Å². The summed E-state index contributed by atoms with van der Waals surface area (Å²) in [7, 11) is 0. The number of aryl methyl sites for hydroxylation is 1. The van der Waals surface area contributed by atoms with Gasteiger partial charge in [0.25, 0.3) is 0 Å². The summed E-state index contributed by atoms with van der Waals surface area (Å²) in [5.74, 6) is 0. The molecule has 4 nitrogen and oxygen atoms in total. The van der Waals surface area contributed by atoms with E-state index in [1.807, 2.05) is 18.5 Å². The van der Waals surface area contributed by atoms with Crippen LogP contribution in [0.3, 0.4) is 0 Å². The maximum atomic E-state index is 9.42. The summed E-state index contributed by atoms with van der Waals surface area (Å²) in [5, 5.41) is 13.8. The molecule has 0 fully saturated rings. The molecule has 0 aromatic carbocycles. The first-order chi connectivity index (χ1) is 6.60. The van der Waals surface area contributed by atoms with Gasteiger partial charge in [0.1, 0.15) is 0 Å². The summed E-state index contributed by atoms with van der Waals surface area (Å²) in [6.07, 6.45) is 0.480. The highest BCUT2D eigenvalue weighted by Gasteiger charge is 2.11. The number of aliphatic hydroxyl groups excluding tert-OH is 1. The minimum absolute atomic E-state index is 0.278. The first kappa shape index (κ1) is 11.2. The first-order valence-electron chi connectivity index (χ1n) is 5.01. The van der Waals surface area contributed by atoms with Gasteiger partial charge < -0.3 is 10.8 Å². The summed E-state index contributed by atoms with van der Waals surface area (Å²) in [6, 6.07) is 0. The second-order valence-corrected chi connectivity index (χ2v) is 3.57. The van der Waals surface area contributed by atoms with Crippen molar-refractivity contribution >= 4 is 0 Å². The maximum Gasteiger partial charge on any atom is 0.0858 e. The van der Waals surface area contributed by atoms with Crippen molar-refractivity contribution in [1.82, 2.24) is 9.78 Å². The molecule has 14 heavy (non-hydrogen) atoms. The number of nitrogens with zero attached hydrogens (tertiary/aromatic N) is 2. The van der Waals surface area contributed by atoms with Crippen LogP contribution in [0.25, 0.3) is 0 Å². The van der Waals surface area contributed by atoms with Crippen molar-refractivity contribution in [2.45, 2.75) is 39.8 Å². The van der Waals surface area contributed by atoms with Gasteiger partial charge in [0.15, 0.2) is 0 Å². The molecule has 1 rings (SSSR count). The lowest BCUT2D eigenvalue weighted by Crippen LogP contribution is -2.26. The van der Waals surface area contributed by atoms with Crippen molar-refractivity contribution in [3.63, 3.8) is 0 Å². The molecule has 0 radical (unpaired) electrons. The normalized spacial score (nSPS) is 13.2. The van der Waals surface area contributed by atoms with Crippen LogP contribution in [-0.4, -0.2) is 27.5 Å². The fourth-order valence-corrected chi connectivity index (χ4v) is 1.70. The van der Waals surface area contributed by atoms with Gasteiger partial charge >= 0.3 is 0 Å². The average Bonchev–Trinajstić information content (AvgIpc) is 2.42. The van der Waals surface area contributed by atoms with E-state index < -0.39 is 6.10 Å². The van der Waals surface area contributed by atoms with Crippen molar-refractivity contribution < 1.29 is 5.11 Å². The fraction of sp³-hybridized carbons (Fsp3) is 0.700. The van der Waals surface area contributed by atoms with Crippen LogP contribution < -0.4 is 5.73 Å². The number of aliphatic hydroxyl groups is 1. The molecule has 1 heterocycles. The Hall–Kier alpha value is -0.870. The molecule has 4 heteroatoms. The first-order valence-corrected chi connectivity index (χ1v) is 5.01. The van der Waals surface area contributed by atoms with Crippen molar-refractivity contribution in [1.29, 1.82) is 0 Å². The predicted molar refractivity (Wildman–Crippen MR) is 56.1 cm³/mol. The Bertz CT molecular complexity index is 307. The van der Waals surface area contributed by atoms with Crippen molar-refractivity contribution in [2.75, 3.05) is 6.54 Å². The lowest BCUT2D eigenvalue weighted by atomic mass is 10.1. The Morgan fingerprint density at radius 2 is 2.14 bits per heavy atom. The van der Waals surface area contributed by atoms with Gasteiger partial charge in [-0.1, -0.05) is 6.92 Å². The topological polar surface area (TPSA) is 64.1 Å². The lowest BCUT2D eigenvalue weighted by Gasteiger charge is -2.09. The number of hydrogen-bond donors (Lipinski definition) is 2. The molecule has 1 aromatic rings. The van der Waals surface area contributed by atoms with Gasteiger partial charge in [-0.05, 0) is 25.8 Å². The molecule has 80 valence electrons. The molecule has 0 aliphatic heterocycles. The van der Waals surface area contributed by atoms with E-state index in [-0.39, 0.29) is 6.54 Å². The summed E-state index contributed by atoms with van der Waals surface area (Å²) in [5.41, 5.74) is 8.82. The minimum atomic E-state index is -0.502. The standard InChI is InChI=1S/C10H19N3O/c1-4-10-7(2)12-13(8(10)3)6-9(14)5-11/h9,14H,4-6,11H2,1-3H3. The third-order valence-corrected chi connectivity index (χ3v) is 2.54. The highest BCUT2D eigenvalue weighted by molar-refractivity contribution is 5.24. The van der Waals surface area contributed by atoms with Crippen LogP contribution >= 0.6 is 0 Å². The van der Waals surface area contributed by atoms with Crippen molar-refractivity contribution in [3.8, 4) is 0 Å². The molecule has 0 saturated heterocycles. The average molecular weight is 197 g/mol. The third kappa shape index (κ3) is 2.13. The zero-order valence-corrected chi connectivity index (χ0v) is 9.12. The summed E-state index contributed by atoms with van der Waals surface area (Å²) in [6.45, 7) is 6.91. The summed E-state index contributed by atoms with van der Waals surface area (Å²) in [4.78, 5) is 0. The molecule has 3 N–H and O–H groups in total. The monoisotopic (exact) mass is 197 g/mol. The highest BCUT2D eigenvalue weighted by Crippen LogP contribution is 2.13. The predicted octanol–water partition coefficient (Wildman–Crippen LogP) is 0.382. The minimum Gasteiger partial charge on any atom is -0.390 e. The maximum absolute atomic E-state index is 9.42. The van der Waals surface area contributed by atoms with Gasteiger partial charge in [-0.3, -0.25) is 4.68 Å². The quantitative estimate of drug-likeness (QED) is 0.733. The van der Waals surface area contributed by atoms with Gasteiger partial charge in [-0.25, -0.2) is 0 Å². The van der Waals surface area contributed by atoms with E-state index in [1.165, 1.54) is 5.56 Å². The molecular weight excluding hydrogens is 178 g/mol. The van der Waals surface area contributed by atoms with Gasteiger partial charge in [-0.15, -0.1) is 0 Å². The molecule has 0 saturated carbocycles. The molecule has 0 bridgehead atoms. The van der Waals surface area contributed by atoms with Gasteiger partial charge in [-0.2, -0.15) is 5.10 Å². The van der Waals surface area contributed by atoms with Gasteiger partial charge in [0, 0.05) is 12.2 Å². The second-order valence-electron chi connectivity index (χ2n) is 3.57. The van der Waals surface area contributed by atoms with E-state index in [0.29, 0.717) is 6.54 Å². The van der Waals surface area contributed by atoms with Crippen LogP contribution in [-0.2, 0) is 13.0 Å². The molecule has 0 amide bonds. The second kappa shape index (κ2) is 4.57. The smallest absolute Gasteiger partial charge is 0.0858 e. The van der Waals surface area contributed by atoms with Gasteiger partial charge in [0.2, 0.25) is 0 Å². The van der Waals surface area contributed by atoms with E-state index in [4.69, 9.17) is 5.73 Å². The zero-order chi connectivity index (χ0) is 10.7. The Labute approximate surface area is 84.7 Å². The molecule has 1 aromatic heterocycles. The molecule has 0 aliphatic carbocycles.